The van der Waals surface area contributed by atoms with Crippen LogP contribution in [0.15, 0.2) is 37.0 Å². The lowest BCUT2D eigenvalue weighted by molar-refractivity contribution is -0.145. The van der Waals surface area contributed by atoms with Crippen molar-refractivity contribution >= 4 is 57.8 Å². The highest BCUT2D eigenvalue weighted by molar-refractivity contribution is 5.85. The van der Waals surface area contributed by atoms with Crippen LogP contribution in [0.5, 0.6) is 0 Å². The van der Waals surface area contributed by atoms with Gasteiger partial charge >= 0.3 is 11.9 Å². The smallest absolute Gasteiger partial charge is 0.305 e. The van der Waals surface area contributed by atoms with Crippen molar-refractivity contribution in [2.45, 2.75) is 114 Å². The first-order valence-electron chi connectivity index (χ1n) is 19.6. The van der Waals surface area contributed by atoms with Crippen molar-refractivity contribution < 1.29 is 19.1 Å². The summed E-state index contributed by atoms with van der Waals surface area (Å²) in [6.07, 6.45) is 24.5. The number of nitrogen functional groups attached to an aromatic ring is 2. The lowest BCUT2D eigenvalue weighted by Crippen LogP contribution is -2.14. The average molecular weight is 739 g/mol. The van der Waals surface area contributed by atoms with Crippen molar-refractivity contribution in [2.75, 3.05) is 35.3 Å². The van der Waals surface area contributed by atoms with Gasteiger partial charge in [-0.25, -0.2) is 9.97 Å². The average Bonchev–Trinajstić information content (AvgIpc) is 3.88. The third kappa shape index (κ3) is 8.74. The molecule has 0 aliphatic heterocycles. The Bertz CT molecular complexity index is 1890. The molecule has 2 fully saturated rings. The molecule has 8 rings (SSSR count). The highest BCUT2D eigenvalue weighted by Crippen LogP contribution is 2.35. The third-order valence-corrected chi connectivity index (χ3v) is 10.7. The number of unbranched alkanes of at least 4 members (excludes halogenated alkanes) is 5. The van der Waals surface area contributed by atoms with E-state index in [-0.39, 0.29) is 47.8 Å². The van der Waals surface area contributed by atoms with Crippen molar-refractivity contribution in [2.24, 2.45) is 11.8 Å². The summed E-state index contributed by atoms with van der Waals surface area (Å²) in [6.45, 7) is 0.729. The van der Waals surface area contributed by atoms with Gasteiger partial charge in [-0.05, 0) is 51.4 Å². The number of hydrogen-bond donors (Lipinski definition) is 4. The molecule has 6 N–H and O–H groups in total. The van der Waals surface area contributed by atoms with Gasteiger partial charge in [-0.1, -0.05) is 50.0 Å². The highest BCUT2D eigenvalue weighted by atomic mass is 16.5. The number of imidazole rings is 2. The number of nitrogens with zero attached hydrogens (tertiary/aromatic N) is 8. The molecule has 0 unspecified atom stereocenters. The zero-order valence-electron chi connectivity index (χ0n) is 30.6. The van der Waals surface area contributed by atoms with Gasteiger partial charge in [-0.3, -0.25) is 9.59 Å². The lowest BCUT2D eigenvalue weighted by atomic mass is 10.1. The maximum Gasteiger partial charge on any atom is 0.305 e. The molecule has 0 bridgehead atoms. The summed E-state index contributed by atoms with van der Waals surface area (Å²) in [7, 11) is 0. The van der Waals surface area contributed by atoms with Gasteiger partial charge < -0.3 is 40.7 Å². The molecule has 0 radical (unpaired) electrons. The Hall–Kier alpha value is -5.28. The first kappa shape index (κ1) is 35.7. The molecule has 2 saturated carbocycles. The van der Waals surface area contributed by atoms with E-state index in [1.165, 1.54) is 0 Å². The summed E-state index contributed by atoms with van der Waals surface area (Å²) in [6, 6.07) is 0.993. The Kier molecular flexibility index (Phi) is 10.6. The van der Waals surface area contributed by atoms with E-state index in [1.807, 2.05) is 9.13 Å². The summed E-state index contributed by atoms with van der Waals surface area (Å²) in [5, 5.41) is 6.80. The number of nitrogens with two attached hydrogens (primary N) is 2. The first-order valence-corrected chi connectivity index (χ1v) is 19.6. The van der Waals surface area contributed by atoms with Gasteiger partial charge in [0.05, 0.1) is 38.0 Å². The summed E-state index contributed by atoms with van der Waals surface area (Å²) < 4.78 is 15.3. The lowest BCUT2D eigenvalue weighted by Gasteiger charge is -2.15. The van der Waals surface area contributed by atoms with E-state index in [1.54, 1.807) is 12.7 Å². The van der Waals surface area contributed by atoms with Crippen LogP contribution in [-0.2, 0) is 19.1 Å². The van der Waals surface area contributed by atoms with Gasteiger partial charge in [-0.2, -0.15) is 19.9 Å². The van der Waals surface area contributed by atoms with Gasteiger partial charge in [0, 0.05) is 36.8 Å². The van der Waals surface area contributed by atoms with E-state index in [0.717, 1.165) is 88.1 Å². The number of hydrogen-bond acceptors (Lipinski definition) is 14. The Morgan fingerprint density at radius 2 is 1.06 bits per heavy atom. The van der Waals surface area contributed by atoms with Crippen LogP contribution in [0.3, 0.4) is 0 Å². The minimum atomic E-state index is -0.158. The predicted molar refractivity (Wildman–Crippen MR) is 204 cm³/mol. The van der Waals surface area contributed by atoms with Crippen LogP contribution in [0.4, 0.5) is 23.5 Å². The zero-order chi connectivity index (χ0) is 37.0. The topological polar surface area (TPSA) is 216 Å². The van der Waals surface area contributed by atoms with Crippen molar-refractivity contribution in [1.29, 1.82) is 0 Å². The minimum Gasteiger partial charge on any atom is -0.465 e. The molecule has 0 aromatic carbocycles. The molecule has 4 aromatic heterocycles. The SMILES string of the molecule is Nc1nc(NC2CC2)c2ncn([C@H]3C=C[C@@H](COC(=O)CCCCCCCCC(=O)OC[C@@H]4C=C[C@H](n5cnc6c(NC7CC7)nc(N)nc65)C4)C3)c2n1. The normalized spacial score (nSPS) is 22.0. The highest BCUT2D eigenvalue weighted by Gasteiger charge is 2.29. The van der Waals surface area contributed by atoms with E-state index in [9.17, 15) is 9.59 Å². The molecule has 16 heteroatoms. The molecular weight excluding hydrogens is 688 g/mol. The summed E-state index contributed by atoms with van der Waals surface area (Å²) in [5.41, 5.74) is 14.9. The number of nitrogens with one attached hydrogen (secondary N) is 2. The molecule has 4 aromatic rings. The van der Waals surface area contributed by atoms with E-state index in [4.69, 9.17) is 20.9 Å². The maximum absolute atomic E-state index is 12.4. The molecule has 4 aliphatic rings. The molecule has 54 heavy (non-hydrogen) atoms. The molecule has 0 amide bonds. The molecular formula is C38H50N12O4. The summed E-state index contributed by atoms with van der Waals surface area (Å²) in [5.74, 6) is 1.79. The molecule has 4 heterocycles. The van der Waals surface area contributed by atoms with E-state index < -0.39 is 0 Å². The third-order valence-electron chi connectivity index (χ3n) is 10.7. The van der Waals surface area contributed by atoms with Crippen LogP contribution < -0.4 is 22.1 Å². The fraction of sp³-hybridized carbons (Fsp3) is 0.579. The van der Waals surface area contributed by atoms with Crippen molar-refractivity contribution in [1.82, 2.24) is 39.0 Å². The van der Waals surface area contributed by atoms with Crippen LogP contribution in [0, 0.1) is 11.8 Å². The van der Waals surface area contributed by atoms with Gasteiger partial charge in [0.1, 0.15) is 0 Å². The van der Waals surface area contributed by atoms with Gasteiger partial charge in [0.25, 0.3) is 0 Å². The fourth-order valence-electron chi connectivity index (χ4n) is 7.35. The second-order valence-electron chi connectivity index (χ2n) is 15.2. The Labute approximate surface area is 313 Å². The molecule has 286 valence electrons. The molecule has 16 nitrogen and oxygen atoms in total. The van der Waals surface area contributed by atoms with Crippen molar-refractivity contribution in [3.05, 3.63) is 37.0 Å². The molecule has 4 aliphatic carbocycles. The first-order chi connectivity index (χ1) is 26.4. The summed E-state index contributed by atoms with van der Waals surface area (Å²) >= 11 is 0. The van der Waals surface area contributed by atoms with Crippen LogP contribution >= 0.6 is 0 Å². The van der Waals surface area contributed by atoms with E-state index >= 15 is 0 Å². The van der Waals surface area contributed by atoms with E-state index in [2.05, 4.69) is 64.8 Å². The van der Waals surface area contributed by atoms with Gasteiger partial charge in [0.2, 0.25) is 11.9 Å². The van der Waals surface area contributed by atoms with Crippen LogP contribution in [0.25, 0.3) is 22.3 Å². The standard InChI is InChI=1S/C38H50N12O4/c39-37-45-33(43-25-11-12-25)31-35(47-37)49(21-41-31)27-15-9-23(17-27)19-53-29(51)7-5-3-1-2-4-6-8-30(52)54-20-24-10-16-28(18-24)50-22-42-32-34(44-26-13-14-26)46-38(40)48-36(32)50/h9-10,15-16,21-28H,1-8,11-14,17-20H2,(H3,39,43,45,47)(H3,40,44,46,48)/t23-,24-,27+,28+/m1/s1. The Morgan fingerprint density at radius 3 is 1.48 bits per heavy atom. The minimum absolute atomic E-state index is 0.0657. The number of carbonyl (C=O) groups is 2. The monoisotopic (exact) mass is 738 g/mol. The number of fused-ring (bicyclic) bond motifs is 2. The molecule has 0 spiro atoms. The number of rotatable bonds is 19. The van der Waals surface area contributed by atoms with Crippen molar-refractivity contribution in [3.63, 3.8) is 0 Å². The maximum atomic E-state index is 12.4. The van der Waals surface area contributed by atoms with Gasteiger partial charge in [-0.15, -0.1) is 0 Å². The number of ether oxygens (including phenoxy) is 2. The molecule has 0 saturated heterocycles. The second-order valence-corrected chi connectivity index (χ2v) is 15.2. The van der Waals surface area contributed by atoms with Crippen LogP contribution in [0.1, 0.15) is 102 Å². The second kappa shape index (κ2) is 16.0. The summed E-state index contributed by atoms with van der Waals surface area (Å²) in [4.78, 5) is 51.7. The molecule has 4 atom stereocenters. The fourth-order valence-corrected chi connectivity index (χ4v) is 7.35. The Balaban J connectivity index is 0.660. The number of esters is 2. The van der Waals surface area contributed by atoms with Crippen LogP contribution in [-0.4, -0.2) is 76.3 Å². The Morgan fingerprint density at radius 1 is 0.630 bits per heavy atom. The van der Waals surface area contributed by atoms with Crippen molar-refractivity contribution in [3.8, 4) is 0 Å². The number of allylic oxidation sites excluding steroid dienone is 2. The zero-order valence-corrected chi connectivity index (χ0v) is 30.6. The predicted octanol–water partition coefficient (Wildman–Crippen LogP) is 5.42. The largest absolute Gasteiger partial charge is 0.465 e. The van der Waals surface area contributed by atoms with Crippen LogP contribution in [0.2, 0.25) is 0 Å². The quantitative estimate of drug-likeness (QED) is 0.0537. The van der Waals surface area contributed by atoms with E-state index in [0.29, 0.717) is 61.1 Å². The number of carbonyl (C=O) groups excluding carboxylic acids is 2. The van der Waals surface area contributed by atoms with Gasteiger partial charge in [0.15, 0.2) is 34.0 Å². The number of anilines is 4. The number of aromatic nitrogens is 8.